The average molecular weight is 484 g/mol. The Balaban J connectivity index is 1.66. The van der Waals surface area contributed by atoms with Crippen LogP contribution >= 0.6 is 0 Å². The van der Waals surface area contributed by atoms with Crippen molar-refractivity contribution in [1.29, 1.82) is 0 Å². The van der Waals surface area contributed by atoms with E-state index in [4.69, 9.17) is 0 Å². The fourth-order valence-corrected chi connectivity index (χ4v) is 5.27. The number of aromatic hydroxyl groups is 1. The number of amides is 1. The van der Waals surface area contributed by atoms with E-state index in [1.165, 1.54) is 0 Å². The third kappa shape index (κ3) is 5.86. The average Bonchev–Trinajstić information content (AvgIpc) is 2.87. The van der Waals surface area contributed by atoms with E-state index in [0.717, 1.165) is 36.3 Å². The second-order valence-electron chi connectivity index (χ2n) is 9.91. The van der Waals surface area contributed by atoms with Crippen molar-refractivity contribution < 1.29 is 9.90 Å². The first-order valence-electron chi connectivity index (χ1n) is 12.7. The zero-order chi connectivity index (χ0) is 25.7. The molecule has 1 aliphatic heterocycles. The molecule has 4 rings (SSSR count). The topological polar surface area (TPSA) is 47.0 Å². The van der Waals surface area contributed by atoms with Gasteiger partial charge in [0.15, 0.2) is 0 Å². The molecule has 0 spiro atoms. The Morgan fingerprint density at radius 3 is 2.39 bits per heavy atom. The molecule has 0 radical (unpaired) electrons. The molecule has 1 saturated heterocycles. The molecule has 3 aromatic rings. The second-order valence-corrected chi connectivity index (χ2v) is 9.91. The molecule has 1 amide bonds. The van der Waals surface area contributed by atoms with Gasteiger partial charge in [0.25, 0.3) is 5.91 Å². The summed E-state index contributed by atoms with van der Waals surface area (Å²) in [5.74, 6) is 0.242. The zero-order valence-electron chi connectivity index (χ0n) is 21.5. The van der Waals surface area contributed by atoms with E-state index >= 15 is 0 Å². The molecule has 1 heterocycles. The Labute approximate surface area is 215 Å². The lowest BCUT2D eigenvalue weighted by molar-refractivity contribution is 0.0306. The summed E-state index contributed by atoms with van der Waals surface area (Å²) in [6.45, 7) is 11.7. The molecule has 36 heavy (non-hydrogen) atoms. The van der Waals surface area contributed by atoms with E-state index in [2.05, 4.69) is 42.4 Å². The van der Waals surface area contributed by atoms with Gasteiger partial charge >= 0.3 is 0 Å². The van der Waals surface area contributed by atoms with Crippen molar-refractivity contribution >= 4 is 5.91 Å². The summed E-state index contributed by atoms with van der Waals surface area (Å²) >= 11 is 0. The molecule has 1 aliphatic rings. The number of piperazine rings is 1. The van der Waals surface area contributed by atoms with Gasteiger partial charge in [-0.05, 0) is 54.8 Å². The number of rotatable bonds is 8. The summed E-state index contributed by atoms with van der Waals surface area (Å²) in [5.41, 5.74) is 3.84. The fraction of sp³-hybridized carbons (Fsp3) is 0.323. The SMILES string of the molecule is C=CCN1CC(C)N(C(c2cccc(O)c2)c2cccc(C(=O)N(C)Cc3ccccc3)c2)CC1C. The van der Waals surface area contributed by atoms with Gasteiger partial charge in [0, 0.05) is 50.9 Å². The Morgan fingerprint density at radius 2 is 1.69 bits per heavy atom. The minimum absolute atomic E-state index is 0.00687. The molecule has 1 N–H and O–H groups in total. The molecule has 0 bridgehead atoms. The van der Waals surface area contributed by atoms with E-state index in [9.17, 15) is 9.90 Å². The Bertz CT molecular complexity index is 1180. The van der Waals surface area contributed by atoms with Crippen LogP contribution in [0.2, 0.25) is 0 Å². The highest BCUT2D eigenvalue weighted by Gasteiger charge is 2.34. The standard InChI is InChI=1S/C31H37N3O2/c1-5-17-33-20-24(3)34(21-23(33)2)30(27-14-10-16-29(35)19-27)26-13-9-15-28(18-26)31(36)32(4)22-25-11-7-6-8-12-25/h5-16,18-19,23-24,30,35H,1,17,20-22H2,2-4H3. The van der Waals surface area contributed by atoms with Crippen molar-refractivity contribution in [2.75, 3.05) is 26.7 Å². The Morgan fingerprint density at radius 1 is 1.00 bits per heavy atom. The maximum atomic E-state index is 13.4. The molecule has 0 aromatic heterocycles. The van der Waals surface area contributed by atoms with Crippen LogP contribution in [0.4, 0.5) is 0 Å². The molecule has 0 saturated carbocycles. The number of carbonyl (C=O) groups excluding carboxylic acids is 1. The first-order valence-corrected chi connectivity index (χ1v) is 12.7. The molecule has 1 fully saturated rings. The lowest BCUT2D eigenvalue weighted by Crippen LogP contribution is -2.57. The maximum Gasteiger partial charge on any atom is 0.253 e. The van der Waals surface area contributed by atoms with Gasteiger partial charge in [-0.15, -0.1) is 6.58 Å². The van der Waals surface area contributed by atoms with Crippen molar-refractivity contribution in [3.8, 4) is 5.75 Å². The third-order valence-corrected chi connectivity index (χ3v) is 7.10. The molecule has 0 aliphatic carbocycles. The number of phenolic OH excluding ortho intramolecular Hbond substituents is 1. The lowest BCUT2D eigenvalue weighted by atomic mass is 9.92. The number of carbonyl (C=O) groups is 1. The molecule has 5 nitrogen and oxygen atoms in total. The molecular formula is C31H37N3O2. The lowest BCUT2D eigenvalue weighted by Gasteiger charge is -2.47. The predicted octanol–water partition coefficient (Wildman–Crippen LogP) is 5.33. The largest absolute Gasteiger partial charge is 0.508 e. The van der Waals surface area contributed by atoms with Gasteiger partial charge in [-0.2, -0.15) is 0 Å². The molecule has 188 valence electrons. The quantitative estimate of drug-likeness (QED) is 0.440. The van der Waals surface area contributed by atoms with Crippen LogP contribution in [0.5, 0.6) is 5.75 Å². The van der Waals surface area contributed by atoms with Gasteiger partial charge < -0.3 is 10.0 Å². The molecule has 5 heteroatoms. The van der Waals surface area contributed by atoms with Crippen LogP contribution in [-0.4, -0.2) is 64.5 Å². The minimum atomic E-state index is -0.0763. The van der Waals surface area contributed by atoms with Crippen molar-refractivity contribution in [3.05, 3.63) is 114 Å². The molecule has 3 unspecified atom stereocenters. The smallest absolute Gasteiger partial charge is 0.253 e. The van der Waals surface area contributed by atoms with Gasteiger partial charge in [0.2, 0.25) is 0 Å². The zero-order valence-corrected chi connectivity index (χ0v) is 21.5. The van der Waals surface area contributed by atoms with Crippen molar-refractivity contribution in [2.45, 2.75) is 38.5 Å². The van der Waals surface area contributed by atoms with Gasteiger partial charge in [0.1, 0.15) is 5.75 Å². The number of benzene rings is 3. The van der Waals surface area contributed by atoms with Crippen LogP contribution in [0.1, 0.15) is 46.9 Å². The first-order chi connectivity index (χ1) is 17.4. The van der Waals surface area contributed by atoms with Crippen molar-refractivity contribution in [2.24, 2.45) is 0 Å². The van der Waals surface area contributed by atoms with Crippen LogP contribution in [0.15, 0.2) is 91.5 Å². The molecule has 3 atom stereocenters. The van der Waals surface area contributed by atoms with E-state index in [-0.39, 0.29) is 23.7 Å². The summed E-state index contributed by atoms with van der Waals surface area (Å²) in [5, 5.41) is 10.3. The highest BCUT2D eigenvalue weighted by Crippen LogP contribution is 2.35. The van der Waals surface area contributed by atoms with Gasteiger partial charge in [-0.25, -0.2) is 0 Å². The Hall–Kier alpha value is -3.41. The summed E-state index contributed by atoms with van der Waals surface area (Å²) in [4.78, 5) is 20.1. The van der Waals surface area contributed by atoms with Crippen LogP contribution in [-0.2, 0) is 6.54 Å². The number of hydrogen-bond acceptors (Lipinski definition) is 4. The van der Waals surface area contributed by atoms with Gasteiger partial charge in [0.05, 0.1) is 6.04 Å². The van der Waals surface area contributed by atoms with Gasteiger partial charge in [-0.3, -0.25) is 14.6 Å². The number of nitrogens with zero attached hydrogens (tertiary/aromatic N) is 3. The maximum absolute atomic E-state index is 13.4. The van der Waals surface area contributed by atoms with E-state index in [1.54, 1.807) is 11.0 Å². The van der Waals surface area contributed by atoms with E-state index < -0.39 is 0 Å². The van der Waals surface area contributed by atoms with Crippen molar-refractivity contribution in [3.63, 3.8) is 0 Å². The van der Waals surface area contributed by atoms with Crippen LogP contribution < -0.4 is 0 Å². The summed E-state index contributed by atoms with van der Waals surface area (Å²) < 4.78 is 0. The second kappa shape index (κ2) is 11.5. The van der Waals surface area contributed by atoms with Crippen LogP contribution in [0.25, 0.3) is 0 Å². The highest BCUT2D eigenvalue weighted by molar-refractivity contribution is 5.94. The minimum Gasteiger partial charge on any atom is -0.508 e. The summed E-state index contributed by atoms with van der Waals surface area (Å²) in [7, 11) is 1.84. The molecule has 3 aromatic carbocycles. The highest BCUT2D eigenvalue weighted by atomic mass is 16.3. The fourth-order valence-electron chi connectivity index (χ4n) is 5.27. The number of hydrogen-bond donors (Lipinski definition) is 1. The van der Waals surface area contributed by atoms with Crippen molar-refractivity contribution in [1.82, 2.24) is 14.7 Å². The van der Waals surface area contributed by atoms with E-state index in [0.29, 0.717) is 18.2 Å². The normalized spacial score (nSPS) is 19.5. The van der Waals surface area contributed by atoms with Crippen LogP contribution in [0, 0.1) is 0 Å². The number of phenols is 1. The Kier molecular flexibility index (Phi) is 8.24. The third-order valence-electron chi connectivity index (χ3n) is 7.10. The summed E-state index contributed by atoms with van der Waals surface area (Å²) in [6.07, 6.45) is 1.96. The molecular weight excluding hydrogens is 446 g/mol. The summed E-state index contributed by atoms with van der Waals surface area (Å²) in [6, 6.07) is 26.1. The van der Waals surface area contributed by atoms with Gasteiger partial charge in [-0.1, -0.05) is 60.7 Å². The predicted molar refractivity (Wildman–Crippen MR) is 146 cm³/mol. The van der Waals surface area contributed by atoms with E-state index in [1.807, 2.05) is 73.8 Å². The first kappa shape index (κ1) is 25.7. The monoisotopic (exact) mass is 483 g/mol. The van der Waals surface area contributed by atoms with Crippen LogP contribution in [0.3, 0.4) is 0 Å².